The summed E-state index contributed by atoms with van der Waals surface area (Å²) in [5, 5.41) is 7.79. The summed E-state index contributed by atoms with van der Waals surface area (Å²) in [5.74, 6) is 0.920. The van der Waals surface area contributed by atoms with Gasteiger partial charge in [0.25, 0.3) is 11.8 Å². The molecule has 6 rings (SSSR count). The van der Waals surface area contributed by atoms with E-state index in [-0.39, 0.29) is 30.4 Å². The van der Waals surface area contributed by atoms with Gasteiger partial charge in [0.05, 0.1) is 17.6 Å². The number of benzene rings is 2. The highest BCUT2D eigenvalue weighted by atomic mass is 16.7. The van der Waals surface area contributed by atoms with Crippen molar-refractivity contribution in [1.29, 1.82) is 0 Å². The van der Waals surface area contributed by atoms with Crippen LogP contribution in [-0.4, -0.2) is 88.7 Å². The maximum Gasteiger partial charge on any atom is 0.254 e. The number of hydrogen-bond donors (Lipinski definition) is 1. The lowest BCUT2D eigenvalue weighted by Gasteiger charge is -2.39. The van der Waals surface area contributed by atoms with Gasteiger partial charge in [-0.3, -0.25) is 19.5 Å². The van der Waals surface area contributed by atoms with Crippen LogP contribution in [0.5, 0.6) is 11.5 Å². The summed E-state index contributed by atoms with van der Waals surface area (Å²) in [7, 11) is 0. The number of rotatable bonds is 3. The van der Waals surface area contributed by atoms with E-state index in [1.54, 1.807) is 40.3 Å². The molecule has 10 nitrogen and oxygen atoms in total. The minimum Gasteiger partial charge on any atom is -0.454 e. The first-order valence-corrected chi connectivity index (χ1v) is 12.3. The van der Waals surface area contributed by atoms with E-state index in [1.165, 1.54) is 0 Å². The quantitative estimate of drug-likeness (QED) is 0.604. The maximum atomic E-state index is 13.3. The normalized spacial score (nSPS) is 19.6. The number of piperazine rings is 1. The van der Waals surface area contributed by atoms with Crippen molar-refractivity contribution in [1.82, 2.24) is 24.9 Å². The predicted molar refractivity (Wildman–Crippen MR) is 130 cm³/mol. The molecule has 2 fully saturated rings. The van der Waals surface area contributed by atoms with Crippen LogP contribution in [0.2, 0.25) is 0 Å². The molecule has 10 heteroatoms. The third kappa shape index (κ3) is 4.12. The van der Waals surface area contributed by atoms with Crippen molar-refractivity contribution in [3.8, 4) is 11.5 Å². The second-order valence-electron chi connectivity index (χ2n) is 9.45. The summed E-state index contributed by atoms with van der Waals surface area (Å²) < 4.78 is 10.7. The van der Waals surface area contributed by atoms with E-state index in [2.05, 4.69) is 10.2 Å². The molecule has 3 aliphatic rings. The number of aromatic amines is 1. The van der Waals surface area contributed by atoms with Gasteiger partial charge in [0.2, 0.25) is 12.7 Å². The SMILES string of the molecule is O=C(c1ccc2c(c1)OCO2)N1CCN(C(=O)C2CCCN(C(=O)c3ccc4[nH]ncc4c3)C2)CC1. The number of H-pyrrole nitrogens is 1. The molecule has 1 unspecified atom stereocenters. The molecule has 0 bridgehead atoms. The van der Waals surface area contributed by atoms with E-state index in [0.29, 0.717) is 61.9 Å². The Morgan fingerprint density at radius 3 is 2.42 bits per heavy atom. The largest absolute Gasteiger partial charge is 0.454 e. The van der Waals surface area contributed by atoms with Crippen LogP contribution in [0.4, 0.5) is 0 Å². The monoisotopic (exact) mass is 489 g/mol. The molecule has 0 spiro atoms. The zero-order valence-corrected chi connectivity index (χ0v) is 19.8. The number of carbonyl (C=O) groups excluding carboxylic acids is 3. The molecule has 4 heterocycles. The standard InChI is InChI=1S/C26H27N5O5/c32-24(18-4-6-22-23(13-18)36-16-35-22)29-8-10-30(11-9-29)26(34)19-2-1-7-31(15-19)25(33)17-3-5-21-20(12-17)14-27-28-21/h3-6,12-14,19H,1-2,7-11,15-16H2,(H,27,28). The number of nitrogens with one attached hydrogen (secondary N) is 1. The van der Waals surface area contributed by atoms with Crippen LogP contribution in [0.1, 0.15) is 33.6 Å². The van der Waals surface area contributed by atoms with Crippen molar-refractivity contribution >= 4 is 28.6 Å². The van der Waals surface area contributed by atoms with Crippen molar-refractivity contribution < 1.29 is 23.9 Å². The molecule has 3 aliphatic heterocycles. The minimum absolute atomic E-state index is 0.0604. The molecule has 36 heavy (non-hydrogen) atoms. The highest BCUT2D eigenvalue weighted by Crippen LogP contribution is 2.33. The van der Waals surface area contributed by atoms with Gasteiger partial charge >= 0.3 is 0 Å². The van der Waals surface area contributed by atoms with Gasteiger partial charge < -0.3 is 24.2 Å². The lowest BCUT2D eigenvalue weighted by molar-refractivity contribution is -0.138. The molecule has 1 N–H and O–H groups in total. The number of carbonyl (C=O) groups is 3. The minimum atomic E-state index is -0.225. The summed E-state index contributed by atoms with van der Waals surface area (Å²) in [6.45, 7) is 3.13. The van der Waals surface area contributed by atoms with Crippen LogP contribution >= 0.6 is 0 Å². The van der Waals surface area contributed by atoms with E-state index in [4.69, 9.17) is 9.47 Å². The zero-order chi connectivity index (χ0) is 24.6. The lowest BCUT2D eigenvalue weighted by Crippen LogP contribution is -2.54. The van der Waals surface area contributed by atoms with Gasteiger partial charge in [0.1, 0.15) is 0 Å². The van der Waals surface area contributed by atoms with E-state index >= 15 is 0 Å². The number of piperidine rings is 1. The molecular weight excluding hydrogens is 462 g/mol. The fourth-order valence-electron chi connectivity index (χ4n) is 5.22. The highest BCUT2D eigenvalue weighted by molar-refractivity contribution is 5.98. The summed E-state index contributed by atoms with van der Waals surface area (Å²) in [6.07, 6.45) is 3.25. The van der Waals surface area contributed by atoms with Gasteiger partial charge in [0.15, 0.2) is 11.5 Å². The number of aromatic nitrogens is 2. The van der Waals surface area contributed by atoms with Crippen LogP contribution in [0.3, 0.4) is 0 Å². The fourth-order valence-corrected chi connectivity index (χ4v) is 5.22. The Bertz CT molecular complexity index is 1330. The van der Waals surface area contributed by atoms with E-state index in [0.717, 1.165) is 23.7 Å². The molecule has 2 saturated heterocycles. The summed E-state index contributed by atoms with van der Waals surface area (Å²) in [6, 6.07) is 10.7. The van der Waals surface area contributed by atoms with Crippen LogP contribution < -0.4 is 9.47 Å². The Hall–Kier alpha value is -4.08. The number of likely N-dealkylation sites (tertiary alicyclic amines) is 1. The fraction of sp³-hybridized carbons (Fsp3) is 0.385. The molecule has 2 aromatic carbocycles. The smallest absolute Gasteiger partial charge is 0.254 e. The van der Waals surface area contributed by atoms with Crippen molar-refractivity contribution in [2.75, 3.05) is 46.1 Å². The van der Waals surface area contributed by atoms with Crippen LogP contribution in [0.15, 0.2) is 42.6 Å². The highest BCUT2D eigenvalue weighted by Gasteiger charge is 2.34. The van der Waals surface area contributed by atoms with Gasteiger partial charge in [-0.15, -0.1) is 0 Å². The van der Waals surface area contributed by atoms with Crippen molar-refractivity contribution in [2.45, 2.75) is 12.8 Å². The topological polar surface area (TPSA) is 108 Å². The van der Waals surface area contributed by atoms with Crippen molar-refractivity contribution in [3.05, 3.63) is 53.7 Å². The van der Waals surface area contributed by atoms with Gasteiger partial charge in [-0.1, -0.05) is 0 Å². The first-order chi connectivity index (χ1) is 17.6. The van der Waals surface area contributed by atoms with Crippen molar-refractivity contribution in [2.24, 2.45) is 5.92 Å². The van der Waals surface area contributed by atoms with Crippen molar-refractivity contribution in [3.63, 3.8) is 0 Å². The number of nitrogens with zero attached hydrogens (tertiary/aromatic N) is 4. The summed E-state index contributed by atoms with van der Waals surface area (Å²) in [4.78, 5) is 44.8. The van der Waals surface area contributed by atoms with Crippen LogP contribution in [-0.2, 0) is 4.79 Å². The Morgan fingerprint density at radius 1 is 0.833 bits per heavy atom. The maximum absolute atomic E-state index is 13.3. The number of amides is 3. The average Bonchev–Trinajstić information content (AvgIpc) is 3.60. The van der Waals surface area contributed by atoms with E-state index in [1.807, 2.05) is 17.0 Å². The molecule has 0 aliphatic carbocycles. The van der Waals surface area contributed by atoms with Crippen LogP contribution in [0, 0.1) is 5.92 Å². The first-order valence-electron chi connectivity index (χ1n) is 12.3. The molecule has 3 amide bonds. The van der Waals surface area contributed by atoms with Gasteiger partial charge in [-0.05, 0) is 49.2 Å². The summed E-state index contributed by atoms with van der Waals surface area (Å²) >= 11 is 0. The van der Waals surface area contributed by atoms with E-state index in [9.17, 15) is 14.4 Å². The molecule has 1 atom stereocenters. The van der Waals surface area contributed by atoms with Gasteiger partial charge in [0, 0.05) is 55.8 Å². The molecular formula is C26H27N5O5. The predicted octanol–water partition coefficient (Wildman–Crippen LogP) is 2.13. The summed E-state index contributed by atoms with van der Waals surface area (Å²) in [5.41, 5.74) is 2.04. The third-order valence-corrected chi connectivity index (χ3v) is 7.24. The lowest BCUT2D eigenvalue weighted by atomic mass is 9.95. The van der Waals surface area contributed by atoms with Crippen LogP contribution in [0.25, 0.3) is 10.9 Å². The first kappa shape index (κ1) is 22.4. The Labute approximate surface area is 207 Å². The Balaban J connectivity index is 1.06. The molecule has 186 valence electrons. The molecule has 0 radical (unpaired) electrons. The molecule has 1 aromatic heterocycles. The number of hydrogen-bond acceptors (Lipinski definition) is 6. The Morgan fingerprint density at radius 2 is 1.56 bits per heavy atom. The Kier molecular flexibility index (Phi) is 5.71. The zero-order valence-electron chi connectivity index (χ0n) is 19.8. The van der Waals surface area contributed by atoms with Gasteiger partial charge in [-0.2, -0.15) is 5.10 Å². The van der Waals surface area contributed by atoms with E-state index < -0.39 is 0 Å². The number of ether oxygens (including phenoxy) is 2. The second kappa shape index (κ2) is 9.18. The third-order valence-electron chi connectivity index (χ3n) is 7.24. The molecule has 3 aromatic rings. The number of fused-ring (bicyclic) bond motifs is 2. The molecule has 0 saturated carbocycles. The second-order valence-corrected chi connectivity index (χ2v) is 9.45. The van der Waals surface area contributed by atoms with Gasteiger partial charge in [-0.25, -0.2) is 0 Å². The average molecular weight is 490 g/mol.